The van der Waals surface area contributed by atoms with E-state index in [4.69, 9.17) is 0 Å². The van der Waals surface area contributed by atoms with Crippen LogP contribution in [-0.2, 0) is 20.6 Å². The number of fused-ring (bicyclic) bond motifs is 1. The van der Waals surface area contributed by atoms with Gasteiger partial charge in [0.05, 0.1) is 31.9 Å². The first kappa shape index (κ1) is 20.8. The van der Waals surface area contributed by atoms with Gasteiger partial charge >= 0.3 is 0 Å². The maximum atomic E-state index is 12.8. The van der Waals surface area contributed by atoms with Gasteiger partial charge in [-0.15, -0.1) is 0 Å². The zero-order valence-corrected chi connectivity index (χ0v) is 18.1. The molecule has 1 saturated carbocycles. The summed E-state index contributed by atoms with van der Waals surface area (Å²) in [6.45, 7) is 4.77. The molecule has 3 fully saturated rings. The van der Waals surface area contributed by atoms with Crippen molar-refractivity contribution in [1.82, 2.24) is 9.21 Å². The minimum absolute atomic E-state index is 0.0540. The van der Waals surface area contributed by atoms with Crippen LogP contribution in [0.15, 0.2) is 30.3 Å². The van der Waals surface area contributed by atoms with Crippen molar-refractivity contribution in [1.29, 1.82) is 0 Å². The highest BCUT2D eigenvalue weighted by Crippen LogP contribution is 2.35. The quantitative estimate of drug-likeness (QED) is 0.765. The van der Waals surface area contributed by atoms with Crippen LogP contribution in [0, 0.1) is 11.8 Å². The molecule has 4 rings (SSSR count). The van der Waals surface area contributed by atoms with Crippen LogP contribution in [0.3, 0.4) is 0 Å². The van der Waals surface area contributed by atoms with E-state index in [9.17, 15) is 13.2 Å². The highest BCUT2D eigenvalue weighted by molar-refractivity contribution is 7.88. The molecule has 0 aromatic heterocycles. The third kappa shape index (κ3) is 5.19. The number of sulfonamides is 1. The summed E-state index contributed by atoms with van der Waals surface area (Å²) in [5, 5.41) is 0. The molecule has 7 heteroatoms. The molecule has 2 atom stereocenters. The Labute approximate surface area is 174 Å². The average Bonchev–Trinajstić information content (AvgIpc) is 2.74. The zero-order valence-electron chi connectivity index (χ0n) is 17.3. The number of hydrogen-bond acceptors (Lipinski definition) is 3. The summed E-state index contributed by atoms with van der Waals surface area (Å²) >= 11 is 0. The number of quaternary nitrogens is 1. The first-order valence-corrected chi connectivity index (χ1v) is 12.8. The van der Waals surface area contributed by atoms with E-state index in [0.29, 0.717) is 38.6 Å². The monoisotopic (exact) mass is 420 g/mol. The van der Waals surface area contributed by atoms with Crippen molar-refractivity contribution in [3.8, 4) is 0 Å². The van der Waals surface area contributed by atoms with Crippen LogP contribution in [-0.4, -0.2) is 69.3 Å². The normalized spacial score (nSPS) is 26.8. The van der Waals surface area contributed by atoms with Gasteiger partial charge in [0.1, 0.15) is 0 Å². The molecule has 2 saturated heterocycles. The lowest BCUT2D eigenvalue weighted by Crippen LogP contribution is -3.15. The first-order chi connectivity index (χ1) is 14.0. The smallest absolute Gasteiger partial charge is 0.277 e. The van der Waals surface area contributed by atoms with Crippen LogP contribution in [0.1, 0.15) is 37.7 Å². The van der Waals surface area contributed by atoms with Crippen LogP contribution in [0.5, 0.6) is 0 Å². The van der Waals surface area contributed by atoms with E-state index < -0.39 is 10.0 Å². The number of hydrogen-bond donors (Lipinski definition) is 1. The number of piperazine rings is 1. The molecule has 6 nitrogen and oxygen atoms in total. The molecule has 1 aromatic rings. The highest BCUT2D eigenvalue weighted by atomic mass is 32.2. The number of piperidine rings is 1. The van der Waals surface area contributed by atoms with Gasteiger partial charge in [-0.3, -0.25) is 4.79 Å². The van der Waals surface area contributed by atoms with E-state index >= 15 is 0 Å². The molecule has 29 heavy (non-hydrogen) atoms. The summed E-state index contributed by atoms with van der Waals surface area (Å²) in [4.78, 5) is 16.1. The largest absolute Gasteiger partial charge is 0.338 e. The fourth-order valence-corrected chi connectivity index (χ4v) is 6.82. The maximum Gasteiger partial charge on any atom is 0.277 e. The Morgan fingerprint density at radius 2 is 1.66 bits per heavy atom. The lowest BCUT2D eigenvalue weighted by Gasteiger charge is -2.41. The van der Waals surface area contributed by atoms with Gasteiger partial charge in [0.2, 0.25) is 10.0 Å². The molecular weight excluding hydrogens is 386 g/mol. The van der Waals surface area contributed by atoms with E-state index in [0.717, 1.165) is 31.0 Å². The van der Waals surface area contributed by atoms with Gasteiger partial charge in [0.25, 0.3) is 5.91 Å². The van der Waals surface area contributed by atoms with Crippen LogP contribution in [0.4, 0.5) is 0 Å². The van der Waals surface area contributed by atoms with Crippen LogP contribution >= 0.6 is 0 Å². The van der Waals surface area contributed by atoms with Crippen molar-refractivity contribution in [2.75, 3.05) is 45.8 Å². The molecule has 0 radical (unpaired) electrons. The molecule has 2 aliphatic heterocycles. The minimum Gasteiger partial charge on any atom is -0.338 e. The van der Waals surface area contributed by atoms with Gasteiger partial charge in [-0.2, -0.15) is 4.31 Å². The Kier molecular flexibility index (Phi) is 6.56. The summed E-state index contributed by atoms with van der Waals surface area (Å²) in [6, 6.07) is 9.34. The van der Waals surface area contributed by atoms with Crippen molar-refractivity contribution in [3.05, 3.63) is 35.9 Å². The third-order valence-corrected chi connectivity index (χ3v) is 8.91. The SMILES string of the molecule is O=C(C[NH+]1CCN(S(=O)(=O)Cc2ccccc2)CC1)N1CC[C@@H]2CCCC[C@@H]2C1. The predicted octanol–water partition coefficient (Wildman–Crippen LogP) is 0.756. The molecule has 160 valence electrons. The van der Waals surface area contributed by atoms with E-state index in [-0.39, 0.29) is 11.7 Å². The molecular formula is C22H34N3O3S+. The topological polar surface area (TPSA) is 62.1 Å². The summed E-state index contributed by atoms with van der Waals surface area (Å²) in [7, 11) is -3.30. The number of rotatable bonds is 5. The summed E-state index contributed by atoms with van der Waals surface area (Å²) < 4.78 is 27.0. The van der Waals surface area contributed by atoms with Gasteiger partial charge < -0.3 is 9.80 Å². The number of carbonyl (C=O) groups is 1. The molecule has 2 heterocycles. The summed E-state index contributed by atoms with van der Waals surface area (Å²) in [5.41, 5.74) is 0.823. The number of benzene rings is 1. The Bertz CT molecular complexity index is 791. The first-order valence-electron chi connectivity index (χ1n) is 11.1. The van der Waals surface area contributed by atoms with Crippen LogP contribution in [0.25, 0.3) is 0 Å². The van der Waals surface area contributed by atoms with Crippen LogP contribution in [0.2, 0.25) is 0 Å². The molecule has 0 bridgehead atoms. The van der Waals surface area contributed by atoms with Gasteiger partial charge in [0, 0.05) is 13.1 Å². The summed E-state index contributed by atoms with van der Waals surface area (Å²) in [6.07, 6.45) is 6.46. The minimum atomic E-state index is -3.30. The zero-order chi connectivity index (χ0) is 20.3. The number of nitrogens with one attached hydrogen (secondary N) is 1. The maximum absolute atomic E-state index is 12.8. The van der Waals surface area contributed by atoms with Gasteiger partial charge in [0.15, 0.2) is 6.54 Å². The number of likely N-dealkylation sites (tertiary alicyclic amines) is 1. The molecule has 0 unspecified atom stereocenters. The van der Waals surface area contributed by atoms with E-state index in [1.165, 1.54) is 30.6 Å². The van der Waals surface area contributed by atoms with Crippen LogP contribution < -0.4 is 4.90 Å². The molecule has 0 spiro atoms. The fraction of sp³-hybridized carbons (Fsp3) is 0.682. The molecule has 3 aliphatic rings. The lowest BCUT2D eigenvalue weighted by molar-refractivity contribution is -0.896. The van der Waals surface area contributed by atoms with Crippen molar-refractivity contribution in [2.45, 2.75) is 37.9 Å². The van der Waals surface area contributed by atoms with Crippen molar-refractivity contribution >= 4 is 15.9 Å². The Balaban J connectivity index is 1.25. The van der Waals surface area contributed by atoms with E-state index in [1.54, 1.807) is 4.31 Å². The predicted molar refractivity (Wildman–Crippen MR) is 113 cm³/mol. The van der Waals surface area contributed by atoms with E-state index in [1.807, 2.05) is 30.3 Å². The second-order valence-corrected chi connectivity index (χ2v) is 11.0. The molecule has 1 N–H and O–H groups in total. The average molecular weight is 421 g/mol. The molecule has 1 aromatic carbocycles. The fourth-order valence-electron chi connectivity index (χ4n) is 5.29. The lowest BCUT2D eigenvalue weighted by atomic mass is 9.75. The number of carbonyl (C=O) groups excluding carboxylic acids is 1. The Morgan fingerprint density at radius 3 is 2.38 bits per heavy atom. The second kappa shape index (κ2) is 9.14. The van der Waals surface area contributed by atoms with Gasteiger partial charge in [-0.1, -0.05) is 49.6 Å². The van der Waals surface area contributed by atoms with Crippen molar-refractivity contribution < 1.29 is 18.1 Å². The molecule has 1 aliphatic carbocycles. The highest BCUT2D eigenvalue weighted by Gasteiger charge is 2.35. The standard InChI is InChI=1S/C22H33N3O3S/c26-22(24-11-10-20-8-4-5-9-21(20)16-24)17-23-12-14-25(15-13-23)29(27,28)18-19-6-2-1-3-7-19/h1-3,6-7,20-21H,4-5,8-18H2/p+1/t20-,21+/m0/s1. The van der Waals surface area contributed by atoms with E-state index in [2.05, 4.69) is 4.90 Å². The second-order valence-electron chi connectivity index (χ2n) is 9.00. The number of nitrogens with zero attached hydrogens (tertiary/aromatic N) is 2. The Morgan fingerprint density at radius 1 is 0.966 bits per heavy atom. The van der Waals surface area contributed by atoms with Crippen molar-refractivity contribution in [3.63, 3.8) is 0 Å². The summed E-state index contributed by atoms with van der Waals surface area (Å²) in [5.74, 6) is 1.85. The Hall–Kier alpha value is -1.44. The number of amides is 1. The van der Waals surface area contributed by atoms with Crippen molar-refractivity contribution in [2.24, 2.45) is 11.8 Å². The molecule has 1 amide bonds. The third-order valence-electron chi connectivity index (χ3n) is 7.06. The van der Waals surface area contributed by atoms with Gasteiger partial charge in [-0.05, 0) is 30.2 Å². The van der Waals surface area contributed by atoms with Gasteiger partial charge in [-0.25, -0.2) is 8.42 Å².